The Morgan fingerprint density at radius 3 is 1.16 bits per heavy atom. The quantitative estimate of drug-likeness (QED) is 0.154. The molecule has 0 spiro atoms. The van der Waals surface area contributed by atoms with Crippen molar-refractivity contribution in [2.45, 2.75) is 41.5 Å². The van der Waals surface area contributed by atoms with E-state index in [2.05, 4.69) is 225 Å². The van der Waals surface area contributed by atoms with Crippen LogP contribution in [-0.4, -0.2) is 26.6 Å². The van der Waals surface area contributed by atoms with Crippen LogP contribution in [0.1, 0.15) is 41.5 Å². The number of benzene rings is 7. The molecule has 0 atom stereocenters. The zero-order valence-electron chi connectivity index (χ0n) is 43.2. The van der Waals surface area contributed by atoms with Gasteiger partial charge in [0.2, 0.25) is 0 Å². The smallest absolute Gasteiger partial charge is 0.0708 e. The number of rotatable bonds is 8. The summed E-state index contributed by atoms with van der Waals surface area (Å²) in [5.74, 6) is 0. The molecule has 5 aromatic heterocycles. The van der Waals surface area contributed by atoms with Crippen molar-refractivity contribution >= 4 is 53.3 Å². The fourth-order valence-electron chi connectivity index (χ4n) is 9.57. The van der Waals surface area contributed by atoms with Gasteiger partial charge in [0.1, 0.15) is 0 Å². The van der Waals surface area contributed by atoms with Crippen LogP contribution in [0.25, 0.3) is 115 Å². The first-order valence-electron chi connectivity index (χ1n) is 25.4. The minimum Gasteiger partial charge on any atom is -0.333 e. The summed E-state index contributed by atoms with van der Waals surface area (Å²) in [6, 6.07) is 71.8. The summed E-state index contributed by atoms with van der Waals surface area (Å²) in [4.78, 5) is 14.2. The highest BCUT2D eigenvalue weighted by Gasteiger charge is 2.19. The Bertz CT molecular complexity index is 3780. The molecule has 364 valence electrons. The van der Waals surface area contributed by atoms with Crippen molar-refractivity contribution in [1.29, 1.82) is 0 Å². The van der Waals surface area contributed by atoms with Crippen LogP contribution in [0.5, 0.6) is 0 Å². The molecular weight excluding hydrogens is 919 g/mol. The van der Waals surface area contributed by atoms with Gasteiger partial charge in [0.05, 0.1) is 28.1 Å². The fraction of sp³-hybridized carbons (Fsp3) is 0.103. The van der Waals surface area contributed by atoms with Crippen LogP contribution in [0, 0.1) is 0 Å². The second kappa shape index (κ2) is 23.3. The summed E-state index contributed by atoms with van der Waals surface area (Å²) in [5.41, 5.74) is 23.9. The van der Waals surface area contributed by atoms with Gasteiger partial charge in [0.15, 0.2) is 0 Å². The molecule has 5 nitrogen and oxygen atoms in total. The van der Waals surface area contributed by atoms with E-state index in [9.17, 15) is 0 Å². The molecule has 7 aromatic carbocycles. The van der Waals surface area contributed by atoms with E-state index in [0.29, 0.717) is 0 Å². The number of fused-ring (bicyclic) bond motifs is 6. The molecule has 0 aliphatic carbocycles. The van der Waals surface area contributed by atoms with Crippen molar-refractivity contribution < 1.29 is 0 Å². The first kappa shape index (κ1) is 50.4. The van der Waals surface area contributed by atoms with Crippen LogP contribution in [0.2, 0.25) is 0 Å². The van der Waals surface area contributed by atoms with Crippen LogP contribution in [0.4, 0.5) is 0 Å². The van der Waals surface area contributed by atoms with Crippen molar-refractivity contribution in [3.63, 3.8) is 0 Å². The van der Waals surface area contributed by atoms with Crippen molar-refractivity contribution in [2.75, 3.05) is 7.05 Å². The Morgan fingerprint density at radius 1 is 0.419 bits per heavy atom. The molecule has 12 rings (SSSR count). The van der Waals surface area contributed by atoms with Gasteiger partial charge in [-0.05, 0) is 159 Å². The summed E-state index contributed by atoms with van der Waals surface area (Å²) in [6.07, 6.45) is 9.77. The van der Waals surface area contributed by atoms with E-state index in [1.807, 2.05) is 68.9 Å². The van der Waals surface area contributed by atoms with Gasteiger partial charge < -0.3 is 10.3 Å². The predicted molar refractivity (Wildman–Crippen MR) is 320 cm³/mol. The van der Waals surface area contributed by atoms with Crippen LogP contribution in [0.3, 0.4) is 0 Å². The van der Waals surface area contributed by atoms with E-state index in [1.165, 1.54) is 60.3 Å². The first-order chi connectivity index (χ1) is 36.4. The second-order valence-corrected chi connectivity index (χ2v) is 18.8. The zero-order valence-corrected chi connectivity index (χ0v) is 44.0. The molecule has 0 saturated heterocycles. The van der Waals surface area contributed by atoms with Gasteiger partial charge in [0, 0.05) is 71.9 Å². The van der Waals surface area contributed by atoms with E-state index in [0.717, 1.165) is 72.7 Å². The van der Waals surface area contributed by atoms with Gasteiger partial charge >= 0.3 is 0 Å². The topological polar surface area (TPSA) is 69.6 Å². The lowest BCUT2D eigenvalue weighted by Crippen LogP contribution is -1.94. The number of hydrogen-bond donors (Lipinski definition) is 1. The highest BCUT2D eigenvalue weighted by atomic mass is 32.1. The highest BCUT2D eigenvalue weighted by molar-refractivity contribution is 7.25. The maximum Gasteiger partial charge on any atom is 0.0708 e. The molecule has 0 unspecified atom stereocenters. The predicted octanol–water partition coefficient (Wildman–Crippen LogP) is 18.9. The first-order valence-corrected chi connectivity index (χ1v) is 26.2. The number of thiophene rings is 1. The van der Waals surface area contributed by atoms with Gasteiger partial charge in [0.25, 0.3) is 0 Å². The van der Waals surface area contributed by atoms with Crippen LogP contribution in [0.15, 0.2) is 242 Å². The monoisotopic (exact) mass is 979 g/mol. The van der Waals surface area contributed by atoms with Crippen LogP contribution < -0.4 is 5.73 Å². The van der Waals surface area contributed by atoms with Crippen molar-refractivity contribution in [2.24, 2.45) is 5.73 Å². The normalized spacial score (nSPS) is 10.9. The molecule has 0 aliphatic heterocycles. The SMILES string of the molecule is C/C=C\C(C)=C(C)C.CC.CN.c1ccc(-c2ccccc2-c2ccc3sc4ccc(-n5c6ccc(-c7ccccc7-c7ccccn7)cc6c6cc(-c7ccccc7-c7ccccn7)ccc65)cc4c3c2)nc1. The molecule has 5 heterocycles. The standard InChI is InChI=1S/C57H36N4S.C8H14.C2H6.CH5N/c1-4-16-44(51-19-7-10-30-58-51)41(13-1)37-22-26-54-47(33-37)48-34-38(42-14-2-5-17-45(42)52-20-8-11-31-59-52)23-27-55(48)61(54)40-25-29-57-50(36-40)49-35-39(24-28-56(49)62-57)43-15-3-6-18-46(43)53-21-9-12-32-60-53;1-5-6-8(4)7(2)3;2*1-2/h1-36H;5-6H,1-4H3;1-2H3;2H2,1H3/b;6-5-;;. The number of pyridine rings is 3. The molecule has 12 aromatic rings. The molecule has 0 bridgehead atoms. The van der Waals surface area contributed by atoms with Gasteiger partial charge in [-0.25, -0.2) is 0 Å². The Morgan fingerprint density at radius 2 is 0.784 bits per heavy atom. The number of allylic oxidation sites excluding steroid dienone is 4. The summed E-state index contributed by atoms with van der Waals surface area (Å²) >= 11 is 1.85. The third kappa shape index (κ3) is 10.2. The average Bonchev–Trinajstić information content (AvgIpc) is 4.02. The summed E-state index contributed by atoms with van der Waals surface area (Å²) in [7, 11) is 1.50. The zero-order chi connectivity index (χ0) is 51.6. The van der Waals surface area contributed by atoms with Gasteiger partial charge in [-0.3, -0.25) is 15.0 Å². The number of hydrogen-bond acceptors (Lipinski definition) is 5. The molecular formula is C68H61N5S. The minimum absolute atomic E-state index is 0.957. The molecule has 2 N–H and O–H groups in total. The van der Waals surface area contributed by atoms with E-state index in [1.54, 1.807) is 0 Å². The minimum atomic E-state index is 0.957. The summed E-state index contributed by atoms with van der Waals surface area (Å²) in [5, 5.41) is 4.88. The van der Waals surface area contributed by atoms with Crippen LogP contribution in [-0.2, 0) is 0 Å². The Labute approximate surface area is 439 Å². The molecule has 0 saturated carbocycles. The summed E-state index contributed by atoms with van der Waals surface area (Å²) < 4.78 is 4.98. The molecule has 0 fully saturated rings. The molecule has 74 heavy (non-hydrogen) atoms. The Balaban J connectivity index is 0.000000510. The van der Waals surface area contributed by atoms with E-state index in [-0.39, 0.29) is 0 Å². The van der Waals surface area contributed by atoms with Crippen LogP contribution >= 0.6 is 11.3 Å². The molecule has 0 radical (unpaired) electrons. The lowest BCUT2D eigenvalue weighted by Gasteiger charge is -2.12. The lowest BCUT2D eigenvalue weighted by molar-refractivity contribution is 1.19. The van der Waals surface area contributed by atoms with E-state index in [4.69, 9.17) is 15.0 Å². The van der Waals surface area contributed by atoms with Crippen molar-refractivity contribution in [3.05, 3.63) is 242 Å². The molecule has 6 heteroatoms. The third-order valence-corrected chi connectivity index (χ3v) is 14.4. The maximum atomic E-state index is 4.74. The summed E-state index contributed by atoms with van der Waals surface area (Å²) in [6.45, 7) is 12.4. The average molecular weight is 980 g/mol. The highest BCUT2D eigenvalue weighted by Crippen LogP contribution is 2.43. The van der Waals surface area contributed by atoms with E-state index < -0.39 is 0 Å². The second-order valence-electron chi connectivity index (χ2n) is 17.8. The largest absolute Gasteiger partial charge is 0.333 e. The number of nitrogens with zero attached hydrogens (tertiary/aromatic N) is 4. The van der Waals surface area contributed by atoms with Crippen molar-refractivity contribution in [1.82, 2.24) is 19.5 Å². The maximum absolute atomic E-state index is 4.74. The number of nitrogens with two attached hydrogens (primary N) is 1. The molecule has 0 amide bonds. The Kier molecular flexibility index (Phi) is 15.9. The Hall–Kier alpha value is -8.55. The van der Waals surface area contributed by atoms with Gasteiger partial charge in [-0.1, -0.05) is 146 Å². The number of aromatic nitrogens is 4. The fourth-order valence-corrected chi connectivity index (χ4v) is 10.6. The van der Waals surface area contributed by atoms with E-state index >= 15 is 0 Å². The third-order valence-electron chi connectivity index (χ3n) is 13.2. The lowest BCUT2D eigenvalue weighted by atomic mass is 9.94. The van der Waals surface area contributed by atoms with Gasteiger partial charge in [-0.2, -0.15) is 0 Å². The van der Waals surface area contributed by atoms with Crippen molar-refractivity contribution in [3.8, 4) is 72.8 Å². The van der Waals surface area contributed by atoms with Gasteiger partial charge in [-0.15, -0.1) is 11.3 Å². The molecule has 0 aliphatic rings.